The highest BCUT2D eigenvalue weighted by Gasteiger charge is 2.26. The van der Waals surface area contributed by atoms with Crippen LogP contribution in [-0.2, 0) is 0 Å². The van der Waals surface area contributed by atoms with Gasteiger partial charge in [0, 0.05) is 70.2 Å². The Hall–Kier alpha value is -8.06. The summed E-state index contributed by atoms with van der Waals surface area (Å²) >= 11 is 1.86. The molecule has 1 unspecified atom stereocenters. The van der Waals surface area contributed by atoms with Gasteiger partial charge in [-0.25, -0.2) is 9.98 Å². The van der Waals surface area contributed by atoms with E-state index in [1.165, 1.54) is 42.1 Å². The van der Waals surface area contributed by atoms with E-state index in [9.17, 15) is 0 Å². The first-order chi connectivity index (χ1) is 31.2. The molecule has 0 saturated carbocycles. The number of furan rings is 1. The van der Waals surface area contributed by atoms with Crippen LogP contribution in [0, 0.1) is 0 Å². The Morgan fingerprint density at radius 3 is 1.92 bits per heavy atom. The zero-order chi connectivity index (χ0) is 41.4. The summed E-state index contributed by atoms with van der Waals surface area (Å²) in [6.45, 7) is 0. The molecule has 0 radical (unpaired) electrons. The fourth-order valence-corrected chi connectivity index (χ4v) is 10.6. The van der Waals surface area contributed by atoms with Crippen LogP contribution in [0.3, 0.4) is 0 Å². The van der Waals surface area contributed by atoms with Crippen LogP contribution in [0.1, 0.15) is 22.9 Å². The summed E-state index contributed by atoms with van der Waals surface area (Å²) in [6, 6.07) is 73.2. The quantitative estimate of drug-likeness (QED) is 0.182. The second-order valence-electron chi connectivity index (χ2n) is 16.2. The van der Waals surface area contributed by atoms with Crippen LogP contribution < -0.4 is 5.32 Å². The Kier molecular flexibility index (Phi) is 8.08. The molecule has 0 bridgehead atoms. The molecule has 0 aliphatic carbocycles. The minimum Gasteiger partial charge on any atom is -0.456 e. The monoisotopic (exact) mass is 824 g/mol. The molecule has 1 aliphatic heterocycles. The first kappa shape index (κ1) is 35.7. The standard InChI is InChI=1S/C57H36N4OS/c1-4-14-35(15-5-1)40-31-47(57-59-55(36-16-6-2-7-17-36)58-56(60-57)37-18-8-3-9-19-37)54-45-28-26-41(34-50(45)62-51(54)32-40)61-48-22-12-10-20-42(48)46-30-38(25-29-49(46)61)39-24-27-44-43-21-11-13-23-52(43)63-53(44)33-39/h1-34,57H,(H,58,59,60). The van der Waals surface area contributed by atoms with Crippen LogP contribution in [0.5, 0.6) is 0 Å². The second-order valence-corrected chi connectivity index (χ2v) is 17.3. The second kappa shape index (κ2) is 14.3. The maximum absolute atomic E-state index is 6.95. The van der Waals surface area contributed by atoms with Crippen molar-refractivity contribution in [3.05, 3.63) is 223 Å². The van der Waals surface area contributed by atoms with Gasteiger partial charge in [-0.15, -0.1) is 11.3 Å². The maximum Gasteiger partial charge on any atom is 0.159 e. The summed E-state index contributed by atoms with van der Waals surface area (Å²) in [5, 5.41) is 10.9. The van der Waals surface area contributed by atoms with Crippen LogP contribution in [0.25, 0.3) is 91.9 Å². The summed E-state index contributed by atoms with van der Waals surface area (Å²) in [6.07, 6.45) is -0.439. The van der Waals surface area contributed by atoms with E-state index in [0.717, 1.165) is 72.3 Å². The lowest BCUT2D eigenvalue weighted by Crippen LogP contribution is -2.33. The van der Waals surface area contributed by atoms with E-state index >= 15 is 0 Å². The third-order valence-corrected chi connectivity index (χ3v) is 13.6. The molecule has 63 heavy (non-hydrogen) atoms. The van der Waals surface area contributed by atoms with Gasteiger partial charge in [0.1, 0.15) is 23.2 Å². The molecular formula is C57H36N4OS. The molecule has 1 atom stereocenters. The summed E-state index contributed by atoms with van der Waals surface area (Å²) in [5.41, 5.74) is 12.5. The summed E-state index contributed by atoms with van der Waals surface area (Å²) in [4.78, 5) is 10.4. The van der Waals surface area contributed by atoms with E-state index in [1.54, 1.807) is 0 Å². The molecule has 0 spiro atoms. The van der Waals surface area contributed by atoms with Gasteiger partial charge in [-0.05, 0) is 76.9 Å². The largest absolute Gasteiger partial charge is 0.456 e. The van der Waals surface area contributed by atoms with Crippen molar-refractivity contribution in [1.82, 2.24) is 9.88 Å². The number of fused-ring (bicyclic) bond motifs is 9. The number of para-hydroxylation sites is 1. The first-order valence-electron chi connectivity index (χ1n) is 21.2. The topological polar surface area (TPSA) is 54.8 Å². The van der Waals surface area contributed by atoms with Crippen molar-refractivity contribution < 1.29 is 4.42 Å². The number of hydrogen-bond donors (Lipinski definition) is 1. The molecule has 12 aromatic rings. The van der Waals surface area contributed by atoms with Gasteiger partial charge in [0.2, 0.25) is 0 Å². The molecular weight excluding hydrogens is 789 g/mol. The van der Waals surface area contributed by atoms with Gasteiger partial charge < -0.3 is 14.3 Å². The van der Waals surface area contributed by atoms with E-state index < -0.39 is 6.17 Å². The fourth-order valence-electron chi connectivity index (χ4n) is 9.48. The molecule has 9 aromatic carbocycles. The van der Waals surface area contributed by atoms with Crippen molar-refractivity contribution in [2.45, 2.75) is 6.17 Å². The number of benzene rings is 9. The molecule has 3 aromatic heterocycles. The zero-order valence-electron chi connectivity index (χ0n) is 33.9. The number of hydrogen-bond acceptors (Lipinski definition) is 5. The zero-order valence-corrected chi connectivity index (χ0v) is 34.7. The molecule has 296 valence electrons. The van der Waals surface area contributed by atoms with Crippen molar-refractivity contribution in [3.8, 4) is 27.9 Å². The molecule has 1 aliphatic rings. The lowest BCUT2D eigenvalue weighted by atomic mass is 9.96. The highest BCUT2D eigenvalue weighted by Crippen LogP contribution is 2.42. The minimum absolute atomic E-state index is 0.439. The average Bonchev–Trinajstić information content (AvgIpc) is 4.03. The number of thiophene rings is 1. The van der Waals surface area contributed by atoms with E-state index in [2.05, 4.69) is 174 Å². The van der Waals surface area contributed by atoms with Crippen molar-refractivity contribution in [2.75, 3.05) is 0 Å². The van der Waals surface area contributed by atoms with Gasteiger partial charge in [0.25, 0.3) is 0 Å². The van der Waals surface area contributed by atoms with Crippen LogP contribution >= 0.6 is 11.3 Å². The summed E-state index contributed by atoms with van der Waals surface area (Å²) < 4.78 is 11.9. The fraction of sp³-hybridized carbons (Fsp3) is 0.0175. The SMILES string of the molecule is c1ccc(C2=NC(c3cc(-c4ccccc4)cc4oc5cc(-n6c7ccccc7c7cc(-c8ccc9c(c8)sc8ccccc89)ccc76)ccc5c34)NC(c3ccccc3)=N2)cc1. The van der Waals surface area contributed by atoms with E-state index in [4.69, 9.17) is 14.4 Å². The normalized spacial score (nSPS) is 14.2. The van der Waals surface area contributed by atoms with Crippen LogP contribution in [0.2, 0.25) is 0 Å². The van der Waals surface area contributed by atoms with Gasteiger partial charge in [0.15, 0.2) is 5.84 Å². The smallest absolute Gasteiger partial charge is 0.159 e. The lowest BCUT2D eigenvalue weighted by molar-refractivity contribution is 0.662. The first-order valence-corrected chi connectivity index (χ1v) is 22.1. The van der Waals surface area contributed by atoms with Crippen LogP contribution in [-0.4, -0.2) is 16.2 Å². The van der Waals surface area contributed by atoms with Crippen molar-refractivity contribution in [1.29, 1.82) is 0 Å². The number of nitrogens with zero attached hydrogens (tertiary/aromatic N) is 3. The van der Waals surface area contributed by atoms with E-state index in [1.807, 2.05) is 53.8 Å². The van der Waals surface area contributed by atoms with Gasteiger partial charge in [-0.1, -0.05) is 146 Å². The number of aromatic nitrogens is 1. The van der Waals surface area contributed by atoms with Crippen LogP contribution in [0.4, 0.5) is 0 Å². The Labute approximate surface area is 366 Å². The lowest BCUT2D eigenvalue weighted by Gasteiger charge is -2.24. The predicted octanol–water partition coefficient (Wildman–Crippen LogP) is 14.9. The molecule has 6 heteroatoms. The third kappa shape index (κ3) is 5.91. The predicted molar refractivity (Wildman–Crippen MR) is 264 cm³/mol. The third-order valence-electron chi connectivity index (χ3n) is 12.5. The summed E-state index contributed by atoms with van der Waals surface area (Å²) in [5.74, 6) is 1.46. The molecule has 0 amide bonds. The van der Waals surface area contributed by atoms with Gasteiger partial charge in [0.05, 0.1) is 11.0 Å². The van der Waals surface area contributed by atoms with Gasteiger partial charge in [-0.2, -0.15) is 0 Å². The molecule has 1 N–H and O–H groups in total. The van der Waals surface area contributed by atoms with Gasteiger partial charge >= 0.3 is 0 Å². The van der Waals surface area contributed by atoms with Crippen molar-refractivity contribution in [3.63, 3.8) is 0 Å². The van der Waals surface area contributed by atoms with E-state index in [0.29, 0.717) is 5.84 Å². The molecule has 5 nitrogen and oxygen atoms in total. The summed E-state index contributed by atoms with van der Waals surface area (Å²) in [7, 11) is 0. The van der Waals surface area contributed by atoms with Crippen molar-refractivity contribution >= 4 is 86.9 Å². The number of nitrogens with one attached hydrogen (secondary N) is 1. The Morgan fingerprint density at radius 2 is 1.10 bits per heavy atom. The highest BCUT2D eigenvalue weighted by atomic mass is 32.1. The molecule has 4 heterocycles. The number of aliphatic imine (C=N–C) groups is 2. The van der Waals surface area contributed by atoms with Gasteiger partial charge in [-0.3, -0.25) is 0 Å². The molecule has 13 rings (SSSR count). The van der Waals surface area contributed by atoms with Crippen LogP contribution in [0.15, 0.2) is 221 Å². The molecule has 0 fully saturated rings. The van der Waals surface area contributed by atoms with E-state index in [-0.39, 0.29) is 0 Å². The number of rotatable bonds is 6. The molecule has 0 saturated heterocycles. The number of amidine groups is 2. The Bertz CT molecular complexity index is 3820. The Morgan fingerprint density at radius 1 is 0.444 bits per heavy atom. The average molecular weight is 825 g/mol. The highest BCUT2D eigenvalue weighted by molar-refractivity contribution is 7.25. The Balaban J connectivity index is 0.971. The minimum atomic E-state index is -0.439. The van der Waals surface area contributed by atoms with Crippen molar-refractivity contribution in [2.24, 2.45) is 9.98 Å². The maximum atomic E-state index is 6.95.